The number of anilines is 1. The fourth-order valence-corrected chi connectivity index (χ4v) is 3.18. The summed E-state index contributed by atoms with van der Waals surface area (Å²) in [5.74, 6) is -0.129. The highest BCUT2D eigenvalue weighted by Gasteiger charge is 2.09. The summed E-state index contributed by atoms with van der Waals surface area (Å²) >= 11 is 0. The minimum Gasteiger partial charge on any atom is -0.494 e. The summed E-state index contributed by atoms with van der Waals surface area (Å²) in [6.07, 6.45) is 1.38. The molecular weight excluding hydrogens is 406 g/mol. The molecule has 2 rings (SSSR count). The van der Waals surface area contributed by atoms with Crippen molar-refractivity contribution in [3.05, 3.63) is 65.6 Å². The zero-order valence-corrected chi connectivity index (χ0v) is 17.4. The molecule has 0 saturated carbocycles. The van der Waals surface area contributed by atoms with E-state index in [1.165, 1.54) is 6.08 Å². The molecule has 2 amide bonds. The standard InChI is InChI=1S/C21H25N3O5S/c1-2-29-19-10-8-18(9-11-19)24-21(26)16-22-20(25)12-14-23-30(27,28)15-13-17-6-4-3-5-7-17/h3-11,13,15,23H,2,12,14,16H2,1H3,(H,22,25)(H,24,26)/b15-13+. The molecule has 0 heterocycles. The lowest BCUT2D eigenvalue weighted by Crippen LogP contribution is -2.35. The minimum atomic E-state index is -3.66. The van der Waals surface area contributed by atoms with Crippen molar-refractivity contribution in [2.24, 2.45) is 0 Å². The molecule has 0 radical (unpaired) electrons. The van der Waals surface area contributed by atoms with E-state index in [-0.39, 0.29) is 25.4 Å². The second-order valence-corrected chi connectivity index (χ2v) is 7.84. The monoisotopic (exact) mass is 431 g/mol. The molecule has 30 heavy (non-hydrogen) atoms. The van der Waals surface area contributed by atoms with Gasteiger partial charge in [-0.2, -0.15) is 0 Å². The van der Waals surface area contributed by atoms with E-state index < -0.39 is 15.9 Å². The summed E-state index contributed by atoms with van der Waals surface area (Å²) in [5, 5.41) is 6.15. The second kappa shape index (κ2) is 11.7. The van der Waals surface area contributed by atoms with Crippen LogP contribution in [-0.2, 0) is 19.6 Å². The number of carbonyl (C=O) groups excluding carboxylic acids is 2. The van der Waals surface area contributed by atoms with Crippen molar-refractivity contribution < 1.29 is 22.7 Å². The van der Waals surface area contributed by atoms with Crippen molar-refractivity contribution in [3.8, 4) is 5.75 Å². The Balaban J connectivity index is 1.67. The SMILES string of the molecule is CCOc1ccc(NC(=O)CNC(=O)CCNS(=O)(=O)/C=C/c2ccccc2)cc1. The van der Waals surface area contributed by atoms with E-state index >= 15 is 0 Å². The normalized spacial score (nSPS) is 11.2. The molecule has 0 unspecified atom stereocenters. The molecule has 0 spiro atoms. The van der Waals surface area contributed by atoms with Crippen LogP contribution in [0.5, 0.6) is 5.75 Å². The molecule has 0 aliphatic heterocycles. The Morgan fingerprint density at radius 1 is 1.00 bits per heavy atom. The first-order valence-corrected chi connectivity index (χ1v) is 10.9. The van der Waals surface area contributed by atoms with Crippen LogP contribution in [-0.4, -0.2) is 39.9 Å². The fourth-order valence-electron chi connectivity index (χ4n) is 2.36. The van der Waals surface area contributed by atoms with Gasteiger partial charge in [-0.25, -0.2) is 13.1 Å². The molecule has 0 atom stereocenters. The predicted molar refractivity (Wildman–Crippen MR) is 116 cm³/mol. The van der Waals surface area contributed by atoms with Crippen molar-refractivity contribution in [2.45, 2.75) is 13.3 Å². The third kappa shape index (κ3) is 8.89. The van der Waals surface area contributed by atoms with Crippen LogP contribution >= 0.6 is 0 Å². The van der Waals surface area contributed by atoms with Crippen LogP contribution in [0.15, 0.2) is 60.0 Å². The van der Waals surface area contributed by atoms with Crippen molar-refractivity contribution >= 4 is 33.6 Å². The van der Waals surface area contributed by atoms with Gasteiger partial charge in [-0.1, -0.05) is 30.3 Å². The Bertz CT molecular complexity index is 958. The molecule has 0 fully saturated rings. The Morgan fingerprint density at radius 2 is 1.70 bits per heavy atom. The summed E-state index contributed by atoms with van der Waals surface area (Å²) < 4.78 is 31.5. The summed E-state index contributed by atoms with van der Waals surface area (Å²) in [5.41, 5.74) is 1.33. The van der Waals surface area contributed by atoms with Gasteiger partial charge < -0.3 is 15.4 Å². The largest absolute Gasteiger partial charge is 0.494 e. The molecule has 9 heteroatoms. The van der Waals surface area contributed by atoms with Gasteiger partial charge in [-0.05, 0) is 42.8 Å². The zero-order chi connectivity index (χ0) is 21.8. The number of hydrogen-bond acceptors (Lipinski definition) is 5. The summed E-state index contributed by atoms with van der Waals surface area (Å²) in [4.78, 5) is 23.7. The zero-order valence-electron chi connectivity index (χ0n) is 16.6. The Hall–Kier alpha value is -3.17. The van der Waals surface area contributed by atoms with E-state index in [0.29, 0.717) is 18.0 Å². The van der Waals surface area contributed by atoms with Crippen LogP contribution in [0.1, 0.15) is 18.9 Å². The molecule has 2 aromatic carbocycles. The summed E-state index contributed by atoms with van der Waals surface area (Å²) in [6.45, 7) is 2.14. The molecular formula is C21H25N3O5S. The maximum absolute atomic E-state index is 11.9. The molecule has 0 aliphatic rings. The van der Waals surface area contributed by atoms with Crippen LogP contribution in [0.4, 0.5) is 5.69 Å². The number of amides is 2. The van der Waals surface area contributed by atoms with Crippen LogP contribution in [0.3, 0.4) is 0 Å². The van der Waals surface area contributed by atoms with Gasteiger partial charge in [0.15, 0.2) is 0 Å². The number of hydrogen-bond donors (Lipinski definition) is 3. The van der Waals surface area contributed by atoms with Crippen LogP contribution < -0.4 is 20.1 Å². The van der Waals surface area contributed by atoms with Gasteiger partial charge in [0.1, 0.15) is 5.75 Å². The molecule has 0 saturated heterocycles. The lowest BCUT2D eigenvalue weighted by molar-refractivity contribution is -0.124. The Kier molecular flexibility index (Phi) is 9.04. The first-order valence-electron chi connectivity index (χ1n) is 9.40. The first kappa shape index (κ1) is 23.1. The third-order valence-electron chi connectivity index (χ3n) is 3.79. The van der Waals surface area contributed by atoms with Gasteiger partial charge in [0.25, 0.3) is 0 Å². The van der Waals surface area contributed by atoms with Crippen molar-refractivity contribution in [1.82, 2.24) is 10.0 Å². The van der Waals surface area contributed by atoms with Gasteiger partial charge in [0.05, 0.1) is 13.2 Å². The van der Waals surface area contributed by atoms with Gasteiger partial charge >= 0.3 is 0 Å². The quantitative estimate of drug-likeness (QED) is 0.504. The number of sulfonamides is 1. The highest BCUT2D eigenvalue weighted by atomic mass is 32.2. The molecule has 0 aromatic heterocycles. The number of ether oxygens (including phenoxy) is 1. The van der Waals surface area contributed by atoms with Gasteiger partial charge in [-0.3, -0.25) is 9.59 Å². The van der Waals surface area contributed by atoms with E-state index in [1.54, 1.807) is 48.5 Å². The first-order chi connectivity index (χ1) is 14.4. The number of benzene rings is 2. The lowest BCUT2D eigenvalue weighted by Gasteiger charge is -2.08. The summed E-state index contributed by atoms with van der Waals surface area (Å²) in [7, 11) is -3.66. The molecule has 3 N–H and O–H groups in total. The van der Waals surface area contributed by atoms with Crippen LogP contribution in [0.25, 0.3) is 6.08 Å². The van der Waals surface area contributed by atoms with E-state index in [0.717, 1.165) is 11.0 Å². The number of nitrogens with one attached hydrogen (secondary N) is 3. The average Bonchev–Trinajstić information content (AvgIpc) is 2.73. The van der Waals surface area contributed by atoms with E-state index in [1.807, 2.05) is 13.0 Å². The highest BCUT2D eigenvalue weighted by molar-refractivity contribution is 7.92. The van der Waals surface area contributed by atoms with E-state index in [4.69, 9.17) is 4.74 Å². The number of carbonyl (C=O) groups is 2. The second-order valence-electron chi connectivity index (χ2n) is 6.19. The number of rotatable bonds is 11. The van der Waals surface area contributed by atoms with Crippen LogP contribution in [0.2, 0.25) is 0 Å². The third-order valence-corrected chi connectivity index (χ3v) is 4.89. The topological polar surface area (TPSA) is 114 Å². The van der Waals surface area contributed by atoms with Gasteiger partial charge in [0, 0.05) is 24.1 Å². The summed E-state index contributed by atoms with van der Waals surface area (Å²) in [6, 6.07) is 15.8. The molecule has 160 valence electrons. The maximum Gasteiger partial charge on any atom is 0.243 e. The smallest absolute Gasteiger partial charge is 0.243 e. The van der Waals surface area contributed by atoms with E-state index in [2.05, 4.69) is 15.4 Å². The maximum atomic E-state index is 11.9. The van der Waals surface area contributed by atoms with Gasteiger partial charge in [-0.15, -0.1) is 0 Å². The Labute approximate surface area is 176 Å². The fraction of sp³-hybridized carbons (Fsp3) is 0.238. The van der Waals surface area contributed by atoms with Crippen molar-refractivity contribution in [2.75, 3.05) is 25.0 Å². The predicted octanol–water partition coefficient (Wildman–Crippen LogP) is 2.12. The molecule has 0 aliphatic carbocycles. The average molecular weight is 432 g/mol. The van der Waals surface area contributed by atoms with Crippen LogP contribution in [0, 0.1) is 0 Å². The molecule has 0 bridgehead atoms. The van der Waals surface area contributed by atoms with Crippen molar-refractivity contribution in [1.29, 1.82) is 0 Å². The Morgan fingerprint density at radius 3 is 2.37 bits per heavy atom. The molecule has 2 aromatic rings. The van der Waals surface area contributed by atoms with Crippen molar-refractivity contribution in [3.63, 3.8) is 0 Å². The lowest BCUT2D eigenvalue weighted by atomic mass is 10.2. The van der Waals surface area contributed by atoms with E-state index in [9.17, 15) is 18.0 Å². The minimum absolute atomic E-state index is 0.0756. The highest BCUT2D eigenvalue weighted by Crippen LogP contribution is 2.15. The van der Waals surface area contributed by atoms with Gasteiger partial charge in [0.2, 0.25) is 21.8 Å². The molecule has 8 nitrogen and oxygen atoms in total.